The fraction of sp³-hybridized carbons (Fsp3) is 0.611. The van der Waals surface area contributed by atoms with E-state index in [-0.39, 0.29) is 17.0 Å². The fourth-order valence-electron chi connectivity index (χ4n) is 4.49. The van der Waals surface area contributed by atoms with Crippen LogP contribution >= 0.6 is 11.6 Å². The Morgan fingerprint density at radius 1 is 1.25 bits per heavy atom. The molecule has 0 aromatic heterocycles. The molecule has 2 saturated carbocycles. The summed E-state index contributed by atoms with van der Waals surface area (Å²) in [4.78, 5) is 12.5. The van der Waals surface area contributed by atoms with Crippen molar-refractivity contribution in [1.29, 1.82) is 0 Å². The minimum atomic E-state index is -3.49. The zero-order valence-corrected chi connectivity index (χ0v) is 15.7. The molecule has 0 saturated heterocycles. The topological polar surface area (TPSA) is 63.2 Å². The van der Waals surface area contributed by atoms with Crippen LogP contribution in [0.2, 0.25) is 5.02 Å². The van der Waals surface area contributed by atoms with Crippen molar-refractivity contribution in [1.82, 2.24) is 4.72 Å². The molecule has 2 aliphatic carbocycles. The van der Waals surface area contributed by atoms with Crippen molar-refractivity contribution in [3.8, 4) is 0 Å². The average molecular weight is 370 g/mol. The number of ketones is 1. The van der Waals surface area contributed by atoms with E-state index in [1.807, 2.05) is 12.1 Å². The van der Waals surface area contributed by atoms with Gasteiger partial charge in [-0.1, -0.05) is 37.6 Å². The Kier molecular flexibility index (Phi) is 4.56. The first-order chi connectivity index (χ1) is 11.2. The number of carbonyl (C=O) groups is 1. The van der Waals surface area contributed by atoms with Crippen LogP contribution in [0, 0.1) is 16.7 Å². The van der Waals surface area contributed by atoms with Crippen molar-refractivity contribution in [2.24, 2.45) is 16.7 Å². The largest absolute Gasteiger partial charge is 0.299 e. The number of nitrogens with one attached hydrogen (secondary N) is 1. The lowest BCUT2D eigenvalue weighted by Crippen LogP contribution is -2.45. The van der Waals surface area contributed by atoms with Crippen molar-refractivity contribution >= 4 is 27.4 Å². The number of hydrogen-bond donors (Lipinski definition) is 1. The van der Waals surface area contributed by atoms with E-state index in [4.69, 9.17) is 11.6 Å². The minimum Gasteiger partial charge on any atom is -0.299 e. The van der Waals surface area contributed by atoms with Crippen molar-refractivity contribution in [3.05, 3.63) is 34.9 Å². The zero-order valence-electron chi connectivity index (χ0n) is 14.1. The number of carbonyl (C=O) groups excluding carboxylic acids is 1. The summed E-state index contributed by atoms with van der Waals surface area (Å²) in [6.45, 7) is 4.44. The van der Waals surface area contributed by atoms with Gasteiger partial charge in [0.15, 0.2) is 0 Å². The van der Waals surface area contributed by atoms with Gasteiger partial charge in [0.2, 0.25) is 10.0 Å². The molecule has 0 aliphatic heterocycles. The maximum absolute atomic E-state index is 12.6. The molecule has 1 aromatic rings. The summed E-state index contributed by atoms with van der Waals surface area (Å²) in [5.41, 5.74) is 0.0946. The first-order valence-electron chi connectivity index (χ1n) is 8.41. The van der Waals surface area contributed by atoms with Gasteiger partial charge >= 0.3 is 0 Å². The van der Waals surface area contributed by atoms with Crippen LogP contribution in [0.25, 0.3) is 0 Å². The normalized spacial score (nSPS) is 28.5. The van der Waals surface area contributed by atoms with E-state index in [1.165, 1.54) is 0 Å². The van der Waals surface area contributed by atoms with E-state index in [9.17, 15) is 13.2 Å². The summed E-state index contributed by atoms with van der Waals surface area (Å²) in [7, 11) is -3.49. The molecule has 132 valence electrons. The molecule has 2 aliphatic rings. The monoisotopic (exact) mass is 369 g/mol. The Hall–Kier alpha value is -0.910. The van der Waals surface area contributed by atoms with Gasteiger partial charge in [-0.3, -0.25) is 4.79 Å². The molecule has 0 heterocycles. The summed E-state index contributed by atoms with van der Waals surface area (Å²) in [6, 6.07) is 7.37. The van der Waals surface area contributed by atoms with E-state index < -0.39 is 15.4 Å². The summed E-state index contributed by atoms with van der Waals surface area (Å²) in [5, 5.41) is 0.663. The Morgan fingerprint density at radius 2 is 1.92 bits per heavy atom. The van der Waals surface area contributed by atoms with Gasteiger partial charge in [0.05, 0.1) is 5.75 Å². The van der Waals surface area contributed by atoms with Gasteiger partial charge in [0.1, 0.15) is 5.78 Å². The number of fused-ring (bicyclic) bond motifs is 2. The molecule has 24 heavy (non-hydrogen) atoms. The third-order valence-corrected chi connectivity index (χ3v) is 7.99. The van der Waals surface area contributed by atoms with Crippen molar-refractivity contribution in [3.63, 3.8) is 0 Å². The molecule has 2 atom stereocenters. The van der Waals surface area contributed by atoms with Gasteiger partial charge < -0.3 is 0 Å². The molecular weight excluding hydrogens is 346 g/mol. The zero-order chi connectivity index (χ0) is 17.6. The average Bonchev–Trinajstić information content (AvgIpc) is 2.83. The second-order valence-electron chi connectivity index (χ2n) is 7.70. The lowest BCUT2D eigenvalue weighted by atomic mass is 9.70. The molecule has 0 amide bonds. The standard InChI is InChI=1S/C18H24ClNO3S/c1-17(2)14-7-9-18(17,16(21)11-14)12-24(22,23)20-10-8-13-3-5-15(19)6-4-13/h3-6,14,20H,7-12H2,1-2H3/t14-,18+/m0/s1. The van der Waals surface area contributed by atoms with Gasteiger partial charge in [0.25, 0.3) is 0 Å². The highest BCUT2D eigenvalue weighted by molar-refractivity contribution is 7.89. The van der Waals surface area contributed by atoms with Crippen LogP contribution in [0.5, 0.6) is 0 Å². The number of benzene rings is 1. The van der Waals surface area contributed by atoms with Crippen molar-refractivity contribution in [2.75, 3.05) is 12.3 Å². The van der Waals surface area contributed by atoms with Crippen LogP contribution < -0.4 is 4.72 Å². The van der Waals surface area contributed by atoms with Crippen LogP contribution in [0.4, 0.5) is 0 Å². The fourth-order valence-corrected chi connectivity index (χ4v) is 6.45. The van der Waals surface area contributed by atoms with E-state index >= 15 is 0 Å². The molecule has 2 bridgehead atoms. The molecular formula is C18H24ClNO3S. The van der Waals surface area contributed by atoms with E-state index in [1.54, 1.807) is 12.1 Å². The highest BCUT2D eigenvalue weighted by Crippen LogP contribution is 2.64. The second kappa shape index (κ2) is 6.11. The number of hydrogen-bond acceptors (Lipinski definition) is 3. The van der Waals surface area contributed by atoms with Crippen LogP contribution in [0.1, 0.15) is 38.7 Å². The van der Waals surface area contributed by atoms with Gasteiger partial charge in [-0.15, -0.1) is 0 Å². The lowest BCUT2D eigenvalue weighted by molar-refractivity contribution is -0.128. The summed E-state index contributed by atoms with van der Waals surface area (Å²) < 4.78 is 27.8. The first kappa shape index (κ1) is 17.9. The molecule has 1 N–H and O–H groups in total. The molecule has 3 rings (SSSR count). The van der Waals surface area contributed by atoms with E-state index in [2.05, 4.69) is 18.6 Å². The number of sulfonamides is 1. The van der Waals surface area contributed by atoms with Crippen LogP contribution in [-0.4, -0.2) is 26.5 Å². The highest BCUT2D eigenvalue weighted by atomic mass is 35.5. The van der Waals surface area contributed by atoms with Crippen LogP contribution in [-0.2, 0) is 21.2 Å². The van der Waals surface area contributed by atoms with Gasteiger partial charge in [-0.05, 0) is 48.3 Å². The quantitative estimate of drug-likeness (QED) is 0.837. The third kappa shape index (κ3) is 3.02. The van der Waals surface area contributed by atoms with Gasteiger partial charge in [0, 0.05) is 23.4 Å². The van der Waals surface area contributed by atoms with Crippen LogP contribution in [0.15, 0.2) is 24.3 Å². The molecule has 0 spiro atoms. The first-order valence-corrected chi connectivity index (χ1v) is 10.4. The molecule has 2 fully saturated rings. The maximum atomic E-state index is 12.6. The van der Waals surface area contributed by atoms with Crippen LogP contribution in [0.3, 0.4) is 0 Å². The molecule has 0 unspecified atom stereocenters. The van der Waals surface area contributed by atoms with Crippen molar-refractivity contribution in [2.45, 2.75) is 39.5 Å². The second-order valence-corrected chi connectivity index (χ2v) is 9.94. The smallest absolute Gasteiger partial charge is 0.212 e. The number of Topliss-reactive ketones (excluding diaryl/α,β-unsaturated/α-hetero) is 1. The SMILES string of the molecule is CC1(C)[C@H]2CC[C@@]1(CS(=O)(=O)NCCc1ccc(Cl)cc1)C(=O)C2. The highest BCUT2D eigenvalue weighted by Gasteiger charge is 2.65. The molecule has 6 heteroatoms. The Morgan fingerprint density at radius 3 is 2.46 bits per heavy atom. The predicted molar refractivity (Wildman–Crippen MR) is 95.5 cm³/mol. The van der Waals surface area contributed by atoms with E-state index in [0.717, 1.165) is 12.0 Å². The molecule has 1 aromatic carbocycles. The third-order valence-electron chi connectivity index (χ3n) is 6.22. The predicted octanol–water partition coefficient (Wildman–Crippen LogP) is 3.20. The van der Waals surface area contributed by atoms with Gasteiger partial charge in [-0.2, -0.15) is 0 Å². The van der Waals surface area contributed by atoms with E-state index in [0.29, 0.717) is 36.7 Å². The number of halogens is 1. The Bertz CT molecular complexity index is 742. The lowest BCUT2D eigenvalue weighted by Gasteiger charge is -2.36. The Labute approximate surface area is 149 Å². The molecule has 0 radical (unpaired) electrons. The molecule has 4 nitrogen and oxygen atoms in total. The number of rotatable bonds is 6. The maximum Gasteiger partial charge on any atom is 0.212 e. The summed E-state index contributed by atoms with van der Waals surface area (Å²) >= 11 is 5.85. The summed E-state index contributed by atoms with van der Waals surface area (Å²) in [6.07, 6.45) is 2.79. The summed E-state index contributed by atoms with van der Waals surface area (Å²) in [5.74, 6) is 0.379. The van der Waals surface area contributed by atoms with Crippen molar-refractivity contribution < 1.29 is 13.2 Å². The Balaban J connectivity index is 1.64. The van der Waals surface area contributed by atoms with Gasteiger partial charge in [-0.25, -0.2) is 13.1 Å². The minimum absolute atomic E-state index is 0.0804.